The first-order chi connectivity index (χ1) is 27.4. The summed E-state index contributed by atoms with van der Waals surface area (Å²) in [5.41, 5.74) is 10.4. The van der Waals surface area contributed by atoms with Gasteiger partial charge in [0.15, 0.2) is 28.8 Å². The Hall–Kier alpha value is -5.44. The van der Waals surface area contributed by atoms with E-state index in [4.69, 9.17) is 39.6 Å². The molecule has 1 heterocycles. The van der Waals surface area contributed by atoms with Crippen LogP contribution in [-0.4, -0.2) is 49.3 Å². The molecule has 0 bridgehead atoms. The zero-order valence-corrected chi connectivity index (χ0v) is 34.9. The van der Waals surface area contributed by atoms with E-state index in [1.54, 1.807) is 0 Å². The van der Waals surface area contributed by atoms with Gasteiger partial charge in [-0.2, -0.15) is 0 Å². The van der Waals surface area contributed by atoms with E-state index in [1.165, 1.54) is 0 Å². The van der Waals surface area contributed by atoms with Gasteiger partial charge in [-0.15, -0.1) is 0 Å². The molecule has 0 aliphatic carbocycles. The van der Waals surface area contributed by atoms with Crippen LogP contribution >= 0.6 is 0 Å². The van der Waals surface area contributed by atoms with Crippen molar-refractivity contribution in [2.75, 3.05) is 13.2 Å². The second-order valence-corrected chi connectivity index (χ2v) is 15.8. The lowest BCUT2D eigenvalue weighted by Gasteiger charge is -2.18. The summed E-state index contributed by atoms with van der Waals surface area (Å²) < 4.78 is 37.0. The monoisotopic (exact) mass is 773 g/mol. The number of amidine groups is 2. The first kappa shape index (κ1) is 41.2. The molecule has 0 radical (unpaired) electrons. The Kier molecular flexibility index (Phi) is 13.5. The number of nitrogens with zero attached hydrogens (tertiary/aromatic N) is 1. The third kappa shape index (κ3) is 10.3. The standard InChI is InChI=1S/C48H59N3O6/c1-29(2)54-37-19-21-39-35(27-37)17-23-41(45(39)56-31(5)6)52-25-11-9-13-33-15-16-34(44-43(33)47(49)51-48(44)50)14-10-12-26-53-42-24-18-36-28-38(55-30(3)4)20-22-40(36)46(42)57-32(7)8/h15-24,27-32H,9-14,25-26H2,1-8H3,(H3,49,50,51). The number of aliphatic imine (C=N–C) groups is 1. The average Bonchev–Trinajstić information content (AvgIpc) is 3.45. The number of rotatable bonds is 20. The highest BCUT2D eigenvalue weighted by Gasteiger charge is 2.25. The van der Waals surface area contributed by atoms with Crippen LogP contribution in [0, 0.1) is 5.41 Å². The van der Waals surface area contributed by atoms with E-state index in [1.807, 2.05) is 104 Å². The Morgan fingerprint density at radius 2 is 0.965 bits per heavy atom. The number of nitrogens with one attached hydrogen (secondary N) is 1. The van der Waals surface area contributed by atoms with Crippen LogP contribution in [0.2, 0.25) is 0 Å². The highest BCUT2D eigenvalue weighted by molar-refractivity contribution is 6.22. The van der Waals surface area contributed by atoms with Gasteiger partial charge in [0.1, 0.15) is 17.3 Å². The van der Waals surface area contributed by atoms with Crippen LogP contribution in [0.25, 0.3) is 21.5 Å². The Balaban J connectivity index is 1.04. The summed E-state index contributed by atoms with van der Waals surface area (Å²) in [5, 5.41) is 12.8. The largest absolute Gasteiger partial charge is 0.491 e. The molecule has 0 unspecified atom stereocenters. The maximum Gasteiger partial charge on any atom is 0.169 e. The Labute approximate surface area is 338 Å². The third-order valence-electron chi connectivity index (χ3n) is 9.56. The highest BCUT2D eigenvalue weighted by atomic mass is 16.5. The summed E-state index contributed by atoms with van der Waals surface area (Å²) in [6.45, 7) is 17.3. The van der Waals surface area contributed by atoms with E-state index < -0.39 is 0 Å². The third-order valence-corrected chi connectivity index (χ3v) is 9.56. The molecule has 5 aromatic carbocycles. The van der Waals surface area contributed by atoms with Gasteiger partial charge in [0.2, 0.25) is 0 Å². The fraction of sp³-hybridized carbons (Fsp3) is 0.417. The molecule has 6 rings (SSSR count). The van der Waals surface area contributed by atoms with Gasteiger partial charge in [-0.3, -0.25) is 5.41 Å². The fourth-order valence-corrected chi connectivity index (χ4v) is 7.25. The molecule has 0 aromatic heterocycles. The van der Waals surface area contributed by atoms with E-state index in [-0.39, 0.29) is 30.3 Å². The zero-order valence-electron chi connectivity index (χ0n) is 34.9. The van der Waals surface area contributed by atoms with Gasteiger partial charge in [-0.25, -0.2) is 4.99 Å². The number of hydrogen-bond acceptors (Lipinski definition) is 8. The summed E-state index contributed by atoms with van der Waals surface area (Å²) in [4.78, 5) is 4.39. The van der Waals surface area contributed by atoms with Crippen molar-refractivity contribution >= 4 is 33.2 Å². The molecule has 3 N–H and O–H groups in total. The molecule has 0 spiro atoms. The number of ether oxygens (including phenoxy) is 6. The first-order valence-electron chi connectivity index (χ1n) is 20.5. The molecule has 9 nitrogen and oxygen atoms in total. The molecular formula is C48H59N3O6. The Morgan fingerprint density at radius 3 is 1.40 bits per heavy atom. The first-order valence-corrected chi connectivity index (χ1v) is 20.5. The molecule has 0 saturated carbocycles. The SMILES string of the molecule is CC(C)Oc1ccc2c(OC(C)C)c(OCCCCc3ccc(CCCCOc4ccc5cc(OC(C)C)ccc5c4OC(C)C)c4c3C(=N)N=C4N)ccc2c1. The molecule has 1 aliphatic rings. The second-order valence-electron chi connectivity index (χ2n) is 15.8. The van der Waals surface area contributed by atoms with Gasteiger partial charge in [-0.1, -0.05) is 24.3 Å². The molecule has 0 atom stereocenters. The predicted molar refractivity (Wildman–Crippen MR) is 232 cm³/mol. The minimum atomic E-state index is 0.00100. The summed E-state index contributed by atoms with van der Waals surface area (Å²) in [7, 11) is 0. The minimum Gasteiger partial charge on any atom is -0.491 e. The van der Waals surface area contributed by atoms with Crippen molar-refractivity contribution in [2.24, 2.45) is 10.7 Å². The number of benzene rings is 5. The van der Waals surface area contributed by atoms with Crippen LogP contribution in [0.3, 0.4) is 0 Å². The molecule has 0 amide bonds. The van der Waals surface area contributed by atoms with Gasteiger partial charge < -0.3 is 34.2 Å². The molecule has 0 saturated heterocycles. The molecule has 57 heavy (non-hydrogen) atoms. The number of unbranched alkanes of at least 4 members (excludes halogenated alkanes) is 2. The van der Waals surface area contributed by atoms with Crippen LogP contribution in [-0.2, 0) is 12.8 Å². The number of hydrogen-bond donors (Lipinski definition) is 2. The number of fused-ring (bicyclic) bond motifs is 3. The van der Waals surface area contributed by atoms with Crippen LogP contribution < -0.4 is 34.2 Å². The van der Waals surface area contributed by atoms with Gasteiger partial charge in [0.05, 0.1) is 37.6 Å². The fourth-order valence-electron chi connectivity index (χ4n) is 7.25. The lowest BCUT2D eigenvalue weighted by Crippen LogP contribution is -2.15. The van der Waals surface area contributed by atoms with Crippen LogP contribution in [0.4, 0.5) is 0 Å². The summed E-state index contributed by atoms with van der Waals surface area (Å²) >= 11 is 0. The zero-order chi connectivity index (χ0) is 40.6. The number of aryl methyl sites for hydroxylation is 2. The highest BCUT2D eigenvalue weighted by Crippen LogP contribution is 2.40. The average molecular weight is 774 g/mol. The number of nitrogens with two attached hydrogens (primary N) is 1. The van der Waals surface area contributed by atoms with E-state index in [9.17, 15) is 0 Å². The van der Waals surface area contributed by atoms with E-state index in [0.29, 0.717) is 19.0 Å². The van der Waals surface area contributed by atoms with Crippen molar-refractivity contribution in [1.29, 1.82) is 5.41 Å². The maximum absolute atomic E-state index is 8.67. The van der Waals surface area contributed by atoms with Crippen molar-refractivity contribution in [2.45, 2.75) is 118 Å². The van der Waals surface area contributed by atoms with Crippen molar-refractivity contribution in [3.05, 3.63) is 95.1 Å². The smallest absolute Gasteiger partial charge is 0.169 e. The molecule has 9 heteroatoms. The van der Waals surface area contributed by atoms with Gasteiger partial charge >= 0.3 is 0 Å². The van der Waals surface area contributed by atoms with E-state index >= 15 is 0 Å². The molecule has 0 fully saturated rings. The minimum absolute atomic E-state index is 0.00100. The van der Waals surface area contributed by atoms with Crippen molar-refractivity contribution < 1.29 is 28.4 Å². The van der Waals surface area contributed by atoms with Gasteiger partial charge in [-0.05, 0) is 164 Å². The second kappa shape index (κ2) is 18.7. The Morgan fingerprint density at radius 1 is 0.526 bits per heavy atom. The lowest BCUT2D eigenvalue weighted by atomic mass is 9.91. The maximum atomic E-state index is 8.67. The Bertz CT molecular complexity index is 2220. The van der Waals surface area contributed by atoms with E-state index in [0.717, 1.165) is 117 Å². The van der Waals surface area contributed by atoms with Crippen LogP contribution in [0.1, 0.15) is 103 Å². The molecule has 5 aromatic rings. The summed E-state index contributed by atoms with van der Waals surface area (Å²) in [6.07, 6.45) is 5.30. The topological polar surface area (TPSA) is 118 Å². The molecular weight excluding hydrogens is 715 g/mol. The van der Waals surface area contributed by atoms with Crippen LogP contribution in [0.15, 0.2) is 77.8 Å². The van der Waals surface area contributed by atoms with Crippen LogP contribution in [0.5, 0.6) is 34.5 Å². The van der Waals surface area contributed by atoms with E-state index in [2.05, 4.69) is 29.3 Å². The van der Waals surface area contributed by atoms with Gasteiger partial charge in [0, 0.05) is 21.9 Å². The predicted octanol–water partition coefficient (Wildman–Crippen LogP) is 11.0. The quantitative estimate of drug-likeness (QED) is 0.0756. The van der Waals surface area contributed by atoms with Crippen molar-refractivity contribution in [3.63, 3.8) is 0 Å². The molecule has 302 valence electrons. The lowest BCUT2D eigenvalue weighted by molar-refractivity contribution is 0.222. The van der Waals surface area contributed by atoms with Gasteiger partial charge in [0.25, 0.3) is 0 Å². The van der Waals surface area contributed by atoms with Crippen molar-refractivity contribution in [3.8, 4) is 34.5 Å². The molecule has 1 aliphatic heterocycles. The summed E-state index contributed by atoms with van der Waals surface area (Å²) in [5.74, 6) is 5.32. The van der Waals surface area contributed by atoms with Crippen molar-refractivity contribution in [1.82, 2.24) is 0 Å². The normalized spacial score (nSPS) is 12.6. The summed E-state index contributed by atoms with van der Waals surface area (Å²) in [6, 6.07) is 24.5.